The highest BCUT2D eigenvalue weighted by molar-refractivity contribution is 6.22. The number of benzene rings is 1. The normalized spacial score (nSPS) is 16.2. The zero-order chi connectivity index (χ0) is 18.3. The molecular formula is C19H18N4O3. The molecule has 3 heterocycles. The third-order valence-electron chi connectivity index (χ3n) is 4.79. The second kappa shape index (κ2) is 6.25. The molecule has 7 nitrogen and oxygen atoms in total. The molecule has 3 amide bonds. The number of carbonyl (C=O) groups excluding carboxylic acids is 3. The third-order valence-corrected chi connectivity index (χ3v) is 4.79. The lowest BCUT2D eigenvalue weighted by Crippen LogP contribution is -2.24. The Kier molecular flexibility index (Phi) is 3.91. The SMILES string of the molecule is CN1C(=O)c2ccc(C(=O)Nc3ccc(N4CCCC4)nc3)cc2C1=O. The van der Waals surface area contributed by atoms with Crippen molar-refractivity contribution in [3.63, 3.8) is 0 Å². The maximum absolute atomic E-state index is 12.5. The van der Waals surface area contributed by atoms with Crippen molar-refractivity contribution < 1.29 is 14.4 Å². The third kappa shape index (κ3) is 2.71. The fourth-order valence-corrected chi connectivity index (χ4v) is 3.30. The van der Waals surface area contributed by atoms with Crippen LogP contribution in [0.3, 0.4) is 0 Å². The van der Waals surface area contributed by atoms with Gasteiger partial charge in [0.2, 0.25) is 0 Å². The van der Waals surface area contributed by atoms with E-state index < -0.39 is 5.91 Å². The smallest absolute Gasteiger partial charge is 0.261 e. The minimum absolute atomic E-state index is 0.257. The van der Waals surface area contributed by atoms with Crippen LogP contribution in [-0.4, -0.2) is 47.7 Å². The minimum Gasteiger partial charge on any atom is -0.357 e. The molecule has 1 N–H and O–H groups in total. The molecular weight excluding hydrogens is 332 g/mol. The topological polar surface area (TPSA) is 82.6 Å². The summed E-state index contributed by atoms with van der Waals surface area (Å²) in [6.07, 6.45) is 3.98. The van der Waals surface area contributed by atoms with Crippen LogP contribution in [-0.2, 0) is 0 Å². The van der Waals surface area contributed by atoms with E-state index in [2.05, 4.69) is 15.2 Å². The molecule has 0 saturated carbocycles. The first-order valence-corrected chi connectivity index (χ1v) is 8.53. The number of aromatic nitrogens is 1. The van der Waals surface area contributed by atoms with Crippen LogP contribution in [0, 0.1) is 0 Å². The van der Waals surface area contributed by atoms with Gasteiger partial charge in [-0.2, -0.15) is 0 Å². The van der Waals surface area contributed by atoms with Gasteiger partial charge in [-0.3, -0.25) is 19.3 Å². The van der Waals surface area contributed by atoms with Gasteiger partial charge in [0.25, 0.3) is 17.7 Å². The Morgan fingerprint density at radius 3 is 2.46 bits per heavy atom. The van der Waals surface area contributed by atoms with Crippen molar-refractivity contribution in [2.24, 2.45) is 0 Å². The molecule has 1 aromatic carbocycles. The molecule has 4 rings (SSSR count). The van der Waals surface area contributed by atoms with Gasteiger partial charge >= 0.3 is 0 Å². The van der Waals surface area contributed by atoms with Crippen LogP contribution < -0.4 is 10.2 Å². The number of hydrogen-bond donors (Lipinski definition) is 1. The van der Waals surface area contributed by atoms with Gasteiger partial charge in [-0.1, -0.05) is 0 Å². The van der Waals surface area contributed by atoms with Crippen molar-refractivity contribution in [3.8, 4) is 0 Å². The minimum atomic E-state index is -0.392. The first kappa shape index (κ1) is 16.3. The number of anilines is 2. The van der Waals surface area contributed by atoms with E-state index in [0.717, 1.165) is 23.8 Å². The first-order valence-electron chi connectivity index (χ1n) is 8.53. The van der Waals surface area contributed by atoms with Crippen LogP contribution in [0.4, 0.5) is 11.5 Å². The number of nitrogens with one attached hydrogen (secondary N) is 1. The van der Waals surface area contributed by atoms with E-state index in [9.17, 15) is 14.4 Å². The standard InChI is InChI=1S/C19H18N4O3/c1-22-18(25)14-6-4-12(10-15(14)19(22)26)17(24)21-13-5-7-16(20-11-13)23-8-2-3-9-23/h4-7,10-11H,2-3,8-9H2,1H3,(H,21,24). The monoisotopic (exact) mass is 350 g/mol. The average molecular weight is 350 g/mol. The number of hydrogen-bond acceptors (Lipinski definition) is 5. The average Bonchev–Trinajstić information content (AvgIpc) is 3.27. The van der Waals surface area contributed by atoms with Crippen molar-refractivity contribution in [1.82, 2.24) is 9.88 Å². The molecule has 0 aliphatic carbocycles. The quantitative estimate of drug-likeness (QED) is 0.858. The van der Waals surface area contributed by atoms with Gasteiger partial charge in [-0.05, 0) is 43.2 Å². The molecule has 0 unspecified atom stereocenters. The maximum atomic E-state index is 12.5. The van der Waals surface area contributed by atoms with E-state index in [0.29, 0.717) is 16.8 Å². The highest BCUT2D eigenvalue weighted by Gasteiger charge is 2.33. The Balaban J connectivity index is 1.50. The molecule has 0 radical (unpaired) electrons. The molecule has 2 aromatic rings. The summed E-state index contributed by atoms with van der Waals surface area (Å²) in [5.41, 5.74) is 1.49. The summed E-state index contributed by atoms with van der Waals surface area (Å²) < 4.78 is 0. The van der Waals surface area contributed by atoms with Crippen LogP contribution in [0.15, 0.2) is 36.5 Å². The van der Waals surface area contributed by atoms with Gasteiger partial charge in [-0.25, -0.2) is 4.98 Å². The van der Waals surface area contributed by atoms with E-state index in [4.69, 9.17) is 0 Å². The number of fused-ring (bicyclic) bond motifs is 1. The van der Waals surface area contributed by atoms with Gasteiger partial charge in [0.1, 0.15) is 5.82 Å². The number of pyridine rings is 1. The van der Waals surface area contributed by atoms with Crippen molar-refractivity contribution in [2.45, 2.75) is 12.8 Å². The molecule has 0 spiro atoms. The highest BCUT2D eigenvalue weighted by Crippen LogP contribution is 2.24. The van der Waals surface area contributed by atoms with Gasteiger partial charge < -0.3 is 10.2 Å². The van der Waals surface area contributed by atoms with Crippen molar-refractivity contribution in [3.05, 3.63) is 53.2 Å². The number of nitrogens with zero attached hydrogens (tertiary/aromatic N) is 3. The largest absolute Gasteiger partial charge is 0.357 e. The van der Waals surface area contributed by atoms with Gasteiger partial charge in [-0.15, -0.1) is 0 Å². The first-order chi connectivity index (χ1) is 12.5. The summed E-state index contributed by atoms with van der Waals surface area (Å²) in [6, 6.07) is 8.23. The van der Waals surface area contributed by atoms with Crippen LogP contribution in [0.1, 0.15) is 43.9 Å². The Morgan fingerprint density at radius 2 is 1.77 bits per heavy atom. The molecule has 1 aromatic heterocycles. The summed E-state index contributed by atoms with van der Waals surface area (Å²) in [5, 5.41) is 2.77. The lowest BCUT2D eigenvalue weighted by molar-refractivity contribution is 0.0693. The predicted octanol–water partition coefficient (Wildman–Crippen LogP) is 2.16. The summed E-state index contributed by atoms with van der Waals surface area (Å²) in [5.74, 6) is -0.182. The lowest BCUT2D eigenvalue weighted by atomic mass is 10.1. The van der Waals surface area contributed by atoms with Gasteiger partial charge in [0.05, 0.1) is 23.0 Å². The summed E-state index contributed by atoms with van der Waals surface area (Å²) in [7, 11) is 1.43. The maximum Gasteiger partial charge on any atom is 0.261 e. The van der Waals surface area contributed by atoms with E-state index in [1.54, 1.807) is 12.3 Å². The van der Waals surface area contributed by atoms with Crippen molar-refractivity contribution in [2.75, 3.05) is 30.4 Å². The van der Waals surface area contributed by atoms with Crippen LogP contribution in [0.25, 0.3) is 0 Å². The Labute approximate surface area is 150 Å². The van der Waals surface area contributed by atoms with Crippen molar-refractivity contribution in [1.29, 1.82) is 0 Å². The van der Waals surface area contributed by atoms with Crippen LogP contribution in [0.2, 0.25) is 0 Å². The summed E-state index contributed by atoms with van der Waals surface area (Å²) >= 11 is 0. The molecule has 1 saturated heterocycles. The lowest BCUT2D eigenvalue weighted by Gasteiger charge is -2.16. The molecule has 0 atom stereocenters. The summed E-state index contributed by atoms with van der Waals surface area (Å²) in [4.78, 5) is 44.1. The van der Waals surface area contributed by atoms with Crippen molar-refractivity contribution >= 4 is 29.2 Å². The number of carbonyl (C=O) groups is 3. The zero-order valence-corrected chi connectivity index (χ0v) is 14.4. The number of imide groups is 1. The Morgan fingerprint density at radius 1 is 1.04 bits per heavy atom. The molecule has 132 valence electrons. The molecule has 7 heteroatoms. The van der Waals surface area contributed by atoms with E-state index in [1.807, 2.05) is 12.1 Å². The second-order valence-electron chi connectivity index (χ2n) is 6.48. The predicted molar refractivity (Wildman–Crippen MR) is 96.5 cm³/mol. The molecule has 2 aliphatic heterocycles. The van der Waals surface area contributed by atoms with Gasteiger partial charge in [0.15, 0.2) is 0 Å². The fraction of sp³-hybridized carbons (Fsp3) is 0.263. The van der Waals surface area contributed by atoms with E-state index in [-0.39, 0.29) is 17.4 Å². The molecule has 2 aliphatic rings. The summed E-state index contributed by atoms with van der Waals surface area (Å²) in [6.45, 7) is 2.02. The zero-order valence-electron chi connectivity index (χ0n) is 14.4. The van der Waals surface area contributed by atoms with E-state index >= 15 is 0 Å². The molecule has 0 bridgehead atoms. The highest BCUT2D eigenvalue weighted by atomic mass is 16.2. The Hall–Kier alpha value is -3.22. The van der Waals surface area contributed by atoms with Crippen LogP contribution >= 0.6 is 0 Å². The van der Waals surface area contributed by atoms with Crippen LogP contribution in [0.5, 0.6) is 0 Å². The Bertz CT molecular complexity index is 902. The second-order valence-corrected chi connectivity index (χ2v) is 6.48. The molecule has 1 fully saturated rings. The number of amides is 3. The van der Waals surface area contributed by atoms with E-state index in [1.165, 1.54) is 32.0 Å². The molecule has 26 heavy (non-hydrogen) atoms. The fourth-order valence-electron chi connectivity index (χ4n) is 3.30. The van der Waals surface area contributed by atoms with Gasteiger partial charge in [0, 0.05) is 25.7 Å². The number of rotatable bonds is 3.